The Morgan fingerprint density at radius 1 is 1.05 bits per heavy atom. The largest absolute Gasteiger partial charge is 0.379 e. The van der Waals surface area contributed by atoms with Crippen molar-refractivity contribution in [2.75, 3.05) is 39.4 Å². The second kappa shape index (κ2) is 6.02. The summed E-state index contributed by atoms with van der Waals surface area (Å²) in [6.07, 6.45) is 0. The second-order valence-electron chi connectivity index (χ2n) is 5.52. The number of ether oxygens (including phenoxy) is 1. The molecule has 0 aromatic heterocycles. The minimum Gasteiger partial charge on any atom is -0.379 e. The van der Waals surface area contributed by atoms with Crippen LogP contribution in [0.2, 0.25) is 0 Å². The van der Waals surface area contributed by atoms with E-state index in [-0.39, 0.29) is 12.0 Å². The molecule has 0 amide bonds. The van der Waals surface area contributed by atoms with Crippen molar-refractivity contribution in [1.29, 1.82) is 0 Å². The van der Waals surface area contributed by atoms with Crippen LogP contribution in [0, 0.1) is 0 Å². The molecule has 21 heavy (non-hydrogen) atoms. The Hall–Kier alpha value is -0.990. The monoisotopic (exact) mass is 311 g/mol. The summed E-state index contributed by atoms with van der Waals surface area (Å²) in [4.78, 5) is 0. The van der Waals surface area contributed by atoms with Gasteiger partial charge in [0.25, 0.3) is 10.2 Å². The zero-order chi connectivity index (χ0) is 14.9. The Kier molecular flexibility index (Phi) is 4.28. The molecule has 0 saturated carbocycles. The first-order chi connectivity index (χ1) is 10.1. The van der Waals surface area contributed by atoms with Crippen molar-refractivity contribution in [1.82, 2.24) is 8.61 Å². The lowest BCUT2D eigenvalue weighted by Crippen LogP contribution is -2.48. The highest BCUT2D eigenvalue weighted by atomic mass is 32.2. The fourth-order valence-corrected chi connectivity index (χ4v) is 4.62. The maximum absolute atomic E-state index is 12.7. The summed E-state index contributed by atoms with van der Waals surface area (Å²) >= 11 is 0. The number of nitrogens with zero attached hydrogens (tertiary/aromatic N) is 2. The van der Waals surface area contributed by atoms with Crippen LogP contribution in [0.1, 0.15) is 11.5 Å². The highest BCUT2D eigenvalue weighted by Crippen LogP contribution is 2.29. The first-order valence-electron chi connectivity index (χ1n) is 7.22. The van der Waals surface area contributed by atoms with Crippen LogP contribution >= 0.6 is 0 Å². The summed E-state index contributed by atoms with van der Waals surface area (Å²) in [5, 5.41) is 0. The van der Waals surface area contributed by atoms with E-state index in [1.165, 1.54) is 8.61 Å². The van der Waals surface area contributed by atoms with Gasteiger partial charge in [-0.05, 0) is 5.56 Å². The Labute approximate surface area is 125 Å². The number of hydrogen-bond acceptors (Lipinski definition) is 4. The summed E-state index contributed by atoms with van der Waals surface area (Å²) in [7, 11) is -3.43. The molecule has 3 rings (SSSR count). The normalized spacial score (nSPS) is 28.8. The summed E-state index contributed by atoms with van der Waals surface area (Å²) in [5.41, 5.74) is 7.28. The maximum atomic E-state index is 12.7. The molecule has 2 N–H and O–H groups in total. The van der Waals surface area contributed by atoms with Crippen molar-refractivity contribution in [2.45, 2.75) is 12.0 Å². The average molecular weight is 311 g/mol. The Balaban J connectivity index is 1.76. The van der Waals surface area contributed by atoms with Gasteiger partial charge in [-0.1, -0.05) is 30.3 Å². The summed E-state index contributed by atoms with van der Waals surface area (Å²) < 4.78 is 33.5. The van der Waals surface area contributed by atoms with Gasteiger partial charge < -0.3 is 10.5 Å². The van der Waals surface area contributed by atoms with Gasteiger partial charge in [-0.2, -0.15) is 17.0 Å². The first-order valence-corrected chi connectivity index (χ1v) is 8.62. The molecular formula is C14H21N3O3S. The van der Waals surface area contributed by atoms with Gasteiger partial charge in [-0.15, -0.1) is 0 Å². The van der Waals surface area contributed by atoms with E-state index in [0.29, 0.717) is 39.4 Å². The van der Waals surface area contributed by atoms with E-state index in [9.17, 15) is 8.42 Å². The van der Waals surface area contributed by atoms with Crippen LogP contribution in [0.15, 0.2) is 30.3 Å². The molecule has 2 aliphatic heterocycles. The minimum absolute atomic E-state index is 0.0574. The molecule has 2 atom stereocenters. The molecule has 1 aromatic rings. The molecule has 7 heteroatoms. The smallest absolute Gasteiger partial charge is 0.282 e. The van der Waals surface area contributed by atoms with Crippen LogP contribution in [-0.4, -0.2) is 62.5 Å². The summed E-state index contributed by atoms with van der Waals surface area (Å²) in [6.45, 7) is 2.58. The number of nitrogens with two attached hydrogens (primary N) is 1. The van der Waals surface area contributed by atoms with Gasteiger partial charge in [0, 0.05) is 38.1 Å². The zero-order valence-corrected chi connectivity index (χ0v) is 12.7. The van der Waals surface area contributed by atoms with E-state index in [4.69, 9.17) is 10.5 Å². The third-order valence-corrected chi connectivity index (χ3v) is 6.15. The highest BCUT2D eigenvalue weighted by molar-refractivity contribution is 7.86. The number of benzene rings is 1. The molecular weight excluding hydrogens is 290 g/mol. The maximum Gasteiger partial charge on any atom is 0.282 e. The molecule has 0 radical (unpaired) electrons. The van der Waals surface area contributed by atoms with Gasteiger partial charge in [-0.3, -0.25) is 0 Å². The van der Waals surface area contributed by atoms with Crippen LogP contribution < -0.4 is 5.73 Å². The molecule has 2 heterocycles. The molecule has 0 unspecified atom stereocenters. The predicted molar refractivity (Wildman–Crippen MR) is 80.0 cm³/mol. The number of rotatable bonds is 3. The molecule has 2 fully saturated rings. The minimum atomic E-state index is -3.43. The average Bonchev–Trinajstić information content (AvgIpc) is 2.92. The first kappa shape index (κ1) is 14.9. The van der Waals surface area contributed by atoms with Crippen molar-refractivity contribution in [2.24, 2.45) is 5.73 Å². The molecule has 2 aliphatic rings. The highest BCUT2D eigenvalue weighted by Gasteiger charge is 2.40. The van der Waals surface area contributed by atoms with Gasteiger partial charge in [0.15, 0.2) is 0 Å². The van der Waals surface area contributed by atoms with Gasteiger partial charge in [-0.25, -0.2) is 0 Å². The predicted octanol–water partition coefficient (Wildman–Crippen LogP) is -0.00990. The van der Waals surface area contributed by atoms with Crippen molar-refractivity contribution in [3.63, 3.8) is 0 Å². The van der Waals surface area contributed by atoms with Crippen LogP contribution in [-0.2, 0) is 14.9 Å². The molecule has 2 saturated heterocycles. The molecule has 6 nitrogen and oxygen atoms in total. The van der Waals surface area contributed by atoms with Crippen molar-refractivity contribution in [3.05, 3.63) is 35.9 Å². The SMILES string of the molecule is N[C@@H]1CN(S(=O)(=O)N2CCOCC2)C[C@H]1c1ccccc1. The lowest BCUT2D eigenvalue weighted by atomic mass is 9.95. The third-order valence-electron chi connectivity index (χ3n) is 4.18. The van der Waals surface area contributed by atoms with Gasteiger partial charge in [0.1, 0.15) is 0 Å². The van der Waals surface area contributed by atoms with Crippen LogP contribution in [0.25, 0.3) is 0 Å². The van der Waals surface area contributed by atoms with Gasteiger partial charge in [0.05, 0.1) is 13.2 Å². The molecule has 116 valence electrons. The Morgan fingerprint density at radius 3 is 2.38 bits per heavy atom. The Bertz CT molecular complexity index is 572. The quantitative estimate of drug-likeness (QED) is 0.852. The van der Waals surface area contributed by atoms with Crippen LogP contribution in [0.5, 0.6) is 0 Å². The van der Waals surface area contributed by atoms with E-state index >= 15 is 0 Å². The molecule has 0 spiro atoms. The number of hydrogen-bond donors (Lipinski definition) is 1. The lowest BCUT2D eigenvalue weighted by molar-refractivity contribution is 0.0705. The Morgan fingerprint density at radius 2 is 1.71 bits per heavy atom. The van der Waals surface area contributed by atoms with Crippen molar-refractivity contribution in [3.8, 4) is 0 Å². The van der Waals surface area contributed by atoms with Gasteiger partial charge >= 0.3 is 0 Å². The van der Waals surface area contributed by atoms with E-state index in [1.54, 1.807) is 0 Å². The topological polar surface area (TPSA) is 75.9 Å². The van der Waals surface area contributed by atoms with E-state index < -0.39 is 10.2 Å². The van der Waals surface area contributed by atoms with Gasteiger partial charge in [0.2, 0.25) is 0 Å². The van der Waals surface area contributed by atoms with E-state index in [0.717, 1.165) is 5.56 Å². The van der Waals surface area contributed by atoms with Crippen LogP contribution in [0.4, 0.5) is 0 Å². The fourth-order valence-electron chi connectivity index (χ4n) is 2.97. The third kappa shape index (κ3) is 2.97. The lowest BCUT2D eigenvalue weighted by Gasteiger charge is -2.30. The molecule has 0 aliphatic carbocycles. The van der Waals surface area contributed by atoms with E-state index in [2.05, 4.69) is 0 Å². The zero-order valence-electron chi connectivity index (χ0n) is 11.9. The summed E-state index contributed by atoms with van der Waals surface area (Å²) in [5.74, 6) is 0.0574. The van der Waals surface area contributed by atoms with Crippen molar-refractivity contribution < 1.29 is 13.2 Å². The van der Waals surface area contributed by atoms with Crippen molar-refractivity contribution >= 4 is 10.2 Å². The van der Waals surface area contributed by atoms with Crippen LogP contribution in [0.3, 0.4) is 0 Å². The second-order valence-corrected chi connectivity index (χ2v) is 7.45. The number of morpholine rings is 1. The molecule has 0 bridgehead atoms. The fraction of sp³-hybridized carbons (Fsp3) is 0.571. The molecule has 1 aromatic carbocycles. The van der Waals surface area contributed by atoms with E-state index in [1.807, 2.05) is 30.3 Å². The summed E-state index contributed by atoms with van der Waals surface area (Å²) in [6, 6.07) is 9.72. The standard InChI is InChI=1S/C14H21N3O3S/c15-14-11-17(10-13(14)12-4-2-1-3-5-12)21(18,19)16-6-8-20-9-7-16/h1-5,13-14H,6-11,15H2/t13-,14+/m0/s1.